The lowest BCUT2D eigenvalue weighted by Crippen LogP contribution is -2.10. The van der Waals surface area contributed by atoms with Gasteiger partial charge in [-0.05, 0) is 54.1 Å². The summed E-state index contributed by atoms with van der Waals surface area (Å²) in [6.45, 7) is 0.131. The molecule has 11 heteroatoms. The van der Waals surface area contributed by atoms with Crippen LogP contribution in [0.15, 0.2) is 59.2 Å². The molecule has 39 heavy (non-hydrogen) atoms. The molecule has 3 aromatic carbocycles. The van der Waals surface area contributed by atoms with E-state index in [4.69, 9.17) is 37.9 Å². The van der Waals surface area contributed by atoms with Gasteiger partial charge in [-0.3, -0.25) is 0 Å². The van der Waals surface area contributed by atoms with Crippen molar-refractivity contribution in [3.05, 3.63) is 70.9 Å². The van der Waals surface area contributed by atoms with Crippen molar-refractivity contribution in [3.8, 4) is 40.2 Å². The molecule has 0 saturated heterocycles. The first-order valence-electron chi connectivity index (χ1n) is 11.6. The number of carbonyl (C=O) groups is 2. The Bertz CT molecular complexity index is 1500. The highest BCUT2D eigenvalue weighted by atomic mass is 16.7. The molecule has 0 atom stereocenters. The summed E-state index contributed by atoms with van der Waals surface area (Å²) in [5, 5.41) is 0. The molecule has 0 spiro atoms. The third kappa shape index (κ3) is 5.01. The van der Waals surface area contributed by atoms with Crippen LogP contribution in [-0.2, 0) is 9.53 Å². The number of hydrogen-bond acceptors (Lipinski definition) is 11. The van der Waals surface area contributed by atoms with Gasteiger partial charge < -0.3 is 37.9 Å². The van der Waals surface area contributed by atoms with E-state index in [1.807, 2.05) is 0 Å². The molecule has 0 aliphatic carbocycles. The maximum absolute atomic E-state index is 12.9. The van der Waals surface area contributed by atoms with E-state index in [0.717, 1.165) is 0 Å². The average Bonchev–Trinajstić information content (AvgIpc) is 3.58. The Labute approximate surface area is 223 Å². The molecule has 2 aliphatic rings. The molecule has 2 aliphatic heterocycles. The summed E-state index contributed by atoms with van der Waals surface area (Å²) in [4.78, 5) is 29.7. The van der Waals surface area contributed by atoms with E-state index in [0.29, 0.717) is 39.9 Å². The largest absolute Gasteiger partial charge is 0.493 e. The van der Waals surface area contributed by atoms with Crippen LogP contribution in [0.2, 0.25) is 0 Å². The Balaban J connectivity index is 1.38. The van der Waals surface area contributed by atoms with Crippen LogP contribution in [0.25, 0.3) is 6.08 Å². The first-order valence-corrected chi connectivity index (χ1v) is 11.6. The van der Waals surface area contributed by atoms with Crippen molar-refractivity contribution in [2.75, 3.05) is 35.2 Å². The first kappa shape index (κ1) is 25.5. The van der Waals surface area contributed by atoms with E-state index in [1.165, 1.54) is 46.6 Å². The lowest BCUT2D eigenvalue weighted by molar-refractivity contribution is -0.129. The number of cyclic esters (lactones) is 1. The van der Waals surface area contributed by atoms with Crippen LogP contribution >= 0.6 is 0 Å². The van der Waals surface area contributed by atoms with Crippen LogP contribution < -0.4 is 33.2 Å². The van der Waals surface area contributed by atoms with Crippen molar-refractivity contribution in [1.82, 2.24) is 0 Å². The molecule has 200 valence electrons. The fourth-order valence-corrected chi connectivity index (χ4v) is 3.94. The summed E-state index contributed by atoms with van der Waals surface area (Å²) < 4.78 is 42.9. The van der Waals surface area contributed by atoms with Gasteiger partial charge in [-0.25, -0.2) is 14.6 Å². The van der Waals surface area contributed by atoms with Crippen LogP contribution in [0, 0.1) is 0 Å². The summed E-state index contributed by atoms with van der Waals surface area (Å²) in [6.07, 6.45) is 1.54. The van der Waals surface area contributed by atoms with E-state index in [-0.39, 0.29) is 35.5 Å². The van der Waals surface area contributed by atoms with E-state index in [9.17, 15) is 9.59 Å². The number of methoxy groups -OCH3 is 4. The molecular weight excluding hydrogens is 510 g/mol. The van der Waals surface area contributed by atoms with Gasteiger partial charge in [0.05, 0.1) is 34.0 Å². The number of aliphatic imine (C=N–C) groups is 1. The Morgan fingerprint density at radius 3 is 2.23 bits per heavy atom. The van der Waals surface area contributed by atoms with Crippen molar-refractivity contribution < 1.29 is 47.5 Å². The number of carbonyl (C=O) groups excluding carboxylic acids is 2. The zero-order valence-corrected chi connectivity index (χ0v) is 21.4. The van der Waals surface area contributed by atoms with Crippen molar-refractivity contribution in [2.24, 2.45) is 4.99 Å². The second kappa shape index (κ2) is 10.7. The summed E-state index contributed by atoms with van der Waals surface area (Å²) >= 11 is 0. The second-order valence-corrected chi connectivity index (χ2v) is 8.12. The van der Waals surface area contributed by atoms with Crippen molar-refractivity contribution in [2.45, 2.75) is 0 Å². The predicted octanol–water partition coefficient (Wildman–Crippen LogP) is 4.01. The zero-order chi connectivity index (χ0) is 27.5. The lowest BCUT2D eigenvalue weighted by Gasteiger charge is -2.14. The Hall–Kier alpha value is -5.19. The fraction of sp³-hybridized carbons (Fsp3) is 0.179. The quantitative estimate of drug-likeness (QED) is 0.239. The van der Waals surface area contributed by atoms with E-state index in [1.54, 1.807) is 36.4 Å². The lowest BCUT2D eigenvalue weighted by atomic mass is 10.1. The monoisotopic (exact) mass is 533 g/mol. The van der Waals surface area contributed by atoms with Gasteiger partial charge in [-0.2, -0.15) is 0 Å². The van der Waals surface area contributed by atoms with Crippen LogP contribution in [0.1, 0.15) is 21.5 Å². The highest BCUT2D eigenvalue weighted by Gasteiger charge is 2.26. The number of fused-ring (bicyclic) bond motifs is 1. The molecule has 3 aromatic rings. The van der Waals surface area contributed by atoms with Crippen LogP contribution in [0.3, 0.4) is 0 Å². The van der Waals surface area contributed by atoms with Crippen LogP contribution in [-0.4, -0.2) is 53.1 Å². The molecule has 0 fully saturated rings. The Kier molecular flexibility index (Phi) is 6.96. The molecule has 0 saturated carbocycles. The van der Waals surface area contributed by atoms with Gasteiger partial charge in [0.25, 0.3) is 0 Å². The van der Waals surface area contributed by atoms with E-state index >= 15 is 0 Å². The van der Waals surface area contributed by atoms with Crippen molar-refractivity contribution in [1.29, 1.82) is 0 Å². The number of rotatable bonds is 8. The minimum Gasteiger partial charge on any atom is -0.493 e. The second-order valence-electron chi connectivity index (χ2n) is 8.12. The number of esters is 2. The first-order chi connectivity index (χ1) is 18.9. The van der Waals surface area contributed by atoms with Gasteiger partial charge in [0, 0.05) is 5.56 Å². The van der Waals surface area contributed by atoms with Gasteiger partial charge in [0.1, 0.15) is 0 Å². The van der Waals surface area contributed by atoms with Crippen LogP contribution in [0.5, 0.6) is 40.2 Å². The SMILES string of the molecule is COc1cc(/C=C2/N=C(c3ccc4c(c3)OCO4)OC2=O)ccc1OC(=O)c1cc(OC)c(OC)c(OC)c1. The average molecular weight is 533 g/mol. The molecule has 0 aromatic heterocycles. The van der Waals surface area contributed by atoms with Gasteiger partial charge in [0.15, 0.2) is 40.2 Å². The molecule has 0 amide bonds. The molecule has 2 heterocycles. The number of nitrogens with zero attached hydrogens (tertiary/aromatic N) is 1. The summed E-state index contributed by atoms with van der Waals surface area (Å²) in [5.74, 6) is 1.41. The van der Waals surface area contributed by atoms with E-state index in [2.05, 4.69) is 4.99 Å². The van der Waals surface area contributed by atoms with Crippen molar-refractivity contribution in [3.63, 3.8) is 0 Å². The minimum absolute atomic E-state index is 0.0897. The number of benzene rings is 3. The maximum Gasteiger partial charge on any atom is 0.363 e. The highest BCUT2D eigenvalue weighted by Crippen LogP contribution is 2.39. The highest BCUT2D eigenvalue weighted by molar-refractivity contribution is 6.13. The van der Waals surface area contributed by atoms with Gasteiger partial charge >= 0.3 is 11.9 Å². The van der Waals surface area contributed by atoms with Gasteiger partial charge in [-0.15, -0.1) is 0 Å². The summed E-state index contributed by atoms with van der Waals surface area (Å²) in [6, 6.07) is 12.9. The molecule has 0 radical (unpaired) electrons. The molecule has 0 bridgehead atoms. The maximum atomic E-state index is 12.9. The smallest absolute Gasteiger partial charge is 0.363 e. The Morgan fingerprint density at radius 1 is 0.821 bits per heavy atom. The zero-order valence-electron chi connectivity index (χ0n) is 21.4. The van der Waals surface area contributed by atoms with Crippen LogP contribution in [0.4, 0.5) is 0 Å². The standard InChI is InChI=1S/C28H23NO10/c1-32-21-10-15(9-18-28(31)39-26(29-18)16-6-8-19-22(11-16)37-14-36-19)5-7-20(21)38-27(30)17-12-23(33-2)25(35-4)24(13-17)34-3/h5-13H,14H2,1-4H3/b18-9+. The molecule has 0 unspecified atom stereocenters. The molecular formula is C28H23NO10. The molecule has 0 N–H and O–H groups in total. The molecule has 11 nitrogen and oxygen atoms in total. The molecule has 5 rings (SSSR count). The number of hydrogen-bond donors (Lipinski definition) is 0. The minimum atomic E-state index is -0.670. The predicted molar refractivity (Wildman–Crippen MR) is 137 cm³/mol. The van der Waals surface area contributed by atoms with Crippen molar-refractivity contribution >= 4 is 23.9 Å². The Morgan fingerprint density at radius 2 is 1.54 bits per heavy atom. The topological polar surface area (TPSA) is 120 Å². The summed E-state index contributed by atoms with van der Waals surface area (Å²) in [5.41, 5.74) is 1.41. The van der Waals surface area contributed by atoms with E-state index < -0.39 is 11.9 Å². The third-order valence-corrected chi connectivity index (χ3v) is 5.83. The summed E-state index contributed by atoms with van der Waals surface area (Å²) in [7, 11) is 5.80. The number of ether oxygens (including phenoxy) is 8. The normalized spacial score (nSPS) is 14.5. The van der Waals surface area contributed by atoms with Gasteiger partial charge in [-0.1, -0.05) is 6.07 Å². The fourth-order valence-electron chi connectivity index (χ4n) is 3.94. The third-order valence-electron chi connectivity index (χ3n) is 5.83. The van der Waals surface area contributed by atoms with Gasteiger partial charge in [0.2, 0.25) is 18.4 Å².